The van der Waals surface area contributed by atoms with Crippen molar-refractivity contribution in [3.8, 4) is 6.07 Å². The molecular formula is C12H12ClN3O. The molecule has 0 bridgehead atoms. The van der Waals surface area contributed by atoms with Gasteiger partial charge in [0.05, 0.1) is 28.3 Å². The first-order valence-corrected chi connectivity index (χ1v) is 5.79. The summed E-state index contributed by atoms with van der Waals surface area (Å²) in [7, 11) is 0. The zero-order valence-electron chi connectivity index (χ0n) is 9.16. The molecule has 1 atom stereocenters. The number of halogens is 1. The van der Waals surface area contributed by atoms with Crippen LogP contribution < -0.4 is 10.6 Å². The molecule has 5 heteroatoms. The molecule has 1 amide bonds. The molecule has 1 aliphatic rings. The number of hydrogen-bond donors (Lipinski definition) is 2. The van der Waals surface area contributed by atoms with Crippen molar-refractivity contribution in [1.29, 1.82) is 5.26 Å². The Morgan fingerprint density at radius 1 is 1.59 bits per heavy atom. The van der Waals surface area contributed by atoms with Gasteiger partial charge in [-0.15, -0.1) is 0 Å². The number of carbonyl (C=O) groups is 1. The van der Waals surface area contributed by atoms with Gasteiger partial charge >= 0.3 is 0 Å². The van der Waals surface area contributed by atoms with Crippen molar-refractivity contribution in [2.24, 2.45) is 5.92 Å². The van der Waals surface area contributed by atoms with E-state index < -0.39 is 0 Å². The maximum atomic E-state index is 11.8. The molecule has 2 N–H and O–H groups in total. The number of nitriles is 1. The van der Waals surface area contributed by atoms with E-state index >= 15 is 0 Å². The molecule has 1 aromatic rings. The lowest BCUT2D eigenvalue weighted by Crippen LogP contribution is -2.24. The van der Waals surface area contributed by atoms with Gasteiger partial charge in [0.25, 0.3) is 0 Å². The molecule has 17 heavy (non-hydrogen) atoms. The molecule has 4 nitrogen and oxygen atoms in total. The van der Waals surface area contributed by atoms with Gasteiger partial charge in [0.1, 0.15) is 0 Å². The van der Waals surface area contributed by atoms with E-state index in [9.17, 15) is 4.79 Å². The van der Waals surface area contributed by atoms with Crippen LogP contribution in [0.2, 0.25) is 5.02 Å². The maximum Gasteiger partial charge on any atom is 0.228 e. The highest BCUT2D eigenvalue weighted by molar-refractivity contribution is 6.33. The average molecular weight is 250 g/mol. The van der Waals surface area contributed by atoms with Crippen LogP contribution in [0.4, 0.5) is 5.69 Å². The van der Waals surface area contributed by atoms with Crippen LogP contribution in [0.5, 0.6) is 0 Å². The number of nitrogens with one attached hydrogen (secondary N) is 2. The molecular weight excluding hydrogens is 238 g/mol. The third-order valence-electron chi connectivity index (χ3n) is 2.79. The summed E-state index contributed by atoms with van der Waals surface area (Å²) in [5.74, 6) is -0.0247. The van der Waals surface area contributed by atoms with E-state index in [1.165, 1.54) is 0 Å². The summed E-state index contributed by atoms with van der Waals surface area (Å²) >= 11 is 5.98. The van der Waals surface area contributed by atoms with Crippen LogP contribution in [0.15, 0.2) is 18.2 Å². The third kappa shape index (κ3) is 2.76. The Balaban J connectivity index is 2.08. The first-order valence-electron chi connectivity index (χ1n) is 5.42. The second-order valence-corrected chi connectivity index (χ2v) is 4.39. The Bertz CT molecular complexity index is 475. The summed E-state index contributed by atoms with van der Waals surface area (Å²) in [5.41, 5.74) is 1.04. The number of hydrogen-bond acceptors (Lipinski definition) is 3. The number of anilines is 1. The molecule has 1 aliphatic heterocycles. The van der Waals surface area contributed by atoms with Crippen molar-refractivity contribution in [2.45, 2.75) is 6.42 Å². The van der Waals surface area contributed by atoms with Gasteiger partial charge in [-0.1, -0.05) is 11.6 Å². The van der Waals surface area contributed by atoms with Gasteiger partial charge in [0, 0.05) is 6.54 Å². The highest BCUT2D eigenvalue weighted by Crippen LogP contribution is 2.23. The second-order valence-electron chi connectivity index (χ2n) is 3.99. The van der Waals surface area contributed by atoms with Crippen LogP contribution in [0, 0.1) is 17.2 Å². The Morgan fingerprint density at radius 2 is 2.41 bits per heavy atom. The minimum atomic E-state index is -0.0263. The van der Waals surface area contributed by atoms with E-state index in [-0.39, 0.29) is 11.8 Å². The lowest BCUT2D eigenvalue weighted by atomic mass is 10.1. The smallest absolute Gasteiger partial charge is 0.228 e. The van der Waals surface area contributed by atoms with E-state index in [2.05, 4.69) is 10.6 Å². The first kappa shape index (κ1) is 11.9. The average Bonchev–Trinajstić information content (AvgIpc) is 2.85. The second kappa shape index (κ2) is 5.17. The van der Waals surface area contributed by atoms with E-state index in [1.54, 1.807) is 18.2 Å². The summed E-state index contributed by atoms with van der Waals surface area (Å²) in [6.07, 6.45) is 0.847. The maximum absolute atomic E-state index is 11.8. The summed E-state index contributed by atoms with van der Waals surface area (Å²) in [6, 6.07) is 6.83. The Morgan fingerprint density at radius 3 is 3.00 bits per heavy atom. The number of carbonyl (C=O) groups excluding carboxylic acids is 1. The van der Waals surface area contributed by atoms with E-state index in [0.29, 0.717) is 22.8 Å². The predicted octanol–water partition coefficient (Wildman–Crippen LogP) is 1.76. The first-order chi connectivity index (χ1) is 8.20. The quantitative estimate of drug-likeness (QED) is 0.840. The van der Waals surface area contributed by atoms with Crippen LogP contribution in [-0.2, 0) is 4.79 Å². The monoisotopic (exact) mass is 249 g/mol. The molecule has 88 valence electrons. The van der Waals surface area contributed by atoms with Gasteiger partial charge < -0.3 is 10.6 Å². The molecule has 1 saturated heterocycles. The predicted molar refractivity (Wildman–Crippen MR) is 65.8 cm³/mol. The molecule has 1 heterocycles. The Hall–Kier alpha value is -1.57. The number of rotatable bonds is 2. The lowest BCUT2D eigenvalue weighted by molar-refractivity contribution is -0.119. The van der Waals surface area contributed by atoms with E-state index in [0.717, 1.165) is 13.0 Å². The van der Waals surface area contributed by atoms with E-state index in [1.807, 2.05) is 6.07 Å². The fourth-order valence-corrected chi connectivity index (χ4v) is 2.03. The summed E-state index contributed by atoms with van der Waals surface area (Å²) in [6.45, 7) is 1.58. The zero-order chi connectivity index (χ0) is 12.3. The van der Waals surface area contributed by atoms with Gasteiger partial charge in [-0.25, -0.2) is 0 Å². The van der Waals surface area contributed by atoms with Gasteiger partial charge in [0.15, 0.2) is 0 Å². The van der Waals surface area contributed by atoms with Crippen molar-refractivity contribution in [3.05, 3.63) is 28.8 Å². The van der Waals surface area contributed by atoms with Crippen molar-refractivity contribution in [1.82, 2.24) is 5.32 Å². The van der Waals surface area contributed by atoms with Crippen LogP contribution in [0.3, 0.4) is 0 Å². The molecule has 1 unspecified atom stereocenters. The van der Waals surface area contributed by atoms with Gasteiger partial charge in [0.2, 0.25) is 5.91 Å². The molecule has 1 fully saturated rings. The number of benzene rings is 1. The minimum absolute atomic E-state index is 0.00158. The summed E-state index contributed by atoms with van der Waals surface area (Å²) in [4.78, 5) is 11.8. The van der Waals surface area contributed by atoms with Gasteiger partial charge in [-0.05, 0) is 31.2 Å². The highest BCUT2D eigenvalue weighted by atomic mass is 35.5. The zero-order valence-corrected chi connectivity index (χ0v) is 9.92. The van der Waals surface area contributed by atoms with Crippen LogP contribution in [0.1, 0.15) is 12.0 Å². The molecule has 0 spiro atoms. The fraction of sp³-hybridized carbons (Fsp3) is 0.333. The normalized spacial score (nSPS) is 18.7. The molecule has 0 aromatic heterocycles. The fourth-order valence-electron chi connectivity index (χ4n) is 1.80. The highest BCUT2D eigenvalue weighted by Gasteiger charge is 2.22. The lowest BCUT2D eigenvalue weighted by Gasteiger charge is -2.11. The SMILES string of the molecule is N#Cc1ccc(NC(=O)C2CCNC2)c(Cl)c1. The Kier molecular flexibility index (Phi) is 3.62. The van der Waals surface area contributed by atoms with Gasteiger partial charge in [-0.2, -0.15) is 5.26 Å². The molecule has 0 saturated carbocycles. The molecule has 0 radical (unpaired) electrons. The van der Waals surface area contributed by atoms with Crippen LogP contribution >= 0.6 is 11.6 Å². The summed E-state index contributed by atoms with van der Waals surface area (Å²) < 4.78 is 0. The Labute approximate surface area is 105 Å². The van der Waals surface area contributed by atoms with Crippen molar-refractivity contribution >= 4 is 23.2 Å². The molecule has 0 aliphatic carbocycles. The van der Waals surface area contributed by atoms with Crippen molar-refractivity contribution in [2.75, 3.05) is 18.4 Å². The van der Waals surface area contributed by atoms with Crippen molar-refractivity contribution < 1.29 is 4.79 Å². The topological polar surface area (TPSA) is 64.9 Å². The standard InChI is InChI=1S/C12H12ClN3O/c13-10-5-8(6-14)1-2-11(10)16-12(17)9-3-4-15-7-9/h1-2,5,9,15H,3-4,7H2,(H,16,17). The van der Waals surface area contributed by atoms with E-state index in [4.69, 9.17) is 16.9 Å². The van der Waals surface area contributed by atoms with Crippen molar-refractivity contribution in [3.63, 3.8) is 0 Å². The van der Waals surface area contributed by atoms with Gasteiger partial charge in [-0.3, -0.25) is 4.79 Å². The summed E-state index contributed by atoms with van der Waals surface area (Å²) in [5, 5.41) is 15.0. The minimum Gasteiger partial charge on any atom is -0.324 e. The molecule has 1 aromatic carbocycles. The third-order valence-corrected chi connectivity index (χ3v) is 3.10. The van der Waals surface area contributed by atoms with Crippen LogP contribution in [-0.4, -0.2) is 19.0 Å². The largest absolute Gasteiger partial charge is 0.324 e. The number of nitrogens with zero attached hydrogens (tertiary/aromatic N) is 1. The molecule has 2 rings (SSSR count). The van der Waals surface area contributed by atoms with Crippen LogP contribution in [0.25, 0.3) is 0 Å². The number of amides is 1.